The van der Waals surface area contributed by atoms with Crippen LogP contribution in [0.5, 0.6) is 5.75 Å². The first-order valence-electron chi connectivity index (χ1n) is 8.17. The number of ether oxygens (including phenoxy) is 1. The number of anilines is 1. The molecule has 1 aliphatic carbocycles. The van der Waals surface area contributed by atoms with E-state index in [-0.39, 0.29) is 12.0 Å². The second-order valence-corrected chi connectivity index (χ2v) is 6.17. The van der Waals surface area contributed by atoms with E-state index >= 15 is 0 Å². The summed E-state index contributed by atoms with van der Waals surface area (Å²) in [5.74, 6) is -0.841. The third-order valence-electron chi connectivity index (χ3n) is 4.22. The maximum atomic E-state index is 12.3. The highest BCUT2D eigenvalue weighted by Gasteiger charge is 2.26. The molecule has 3 N–H and O–H groups in total. The van der Waals surface area contributed by atoms with Gasteiger partial charge in [-0.3, -0.25) is 4.79 Å². The molecule has 0 atom stereocenters. The van der Waals surface area contributed by atoms with Gasteiger partial charge >= 0.3 is 12.0 Å². The Morgan fingerprint density at radius 3 is 2.56 bits per heavy atom. The lowest BCUT2D eigenvalue weighted by atomic mass is 9.86. The lowest BCUT2D eigenvalue weighted by Crippen LogP contribution is -2.40. The number of aliphatic carboxylic acids is 1. The van der Waals surface area contributed by atoms with E-state index in [9.17, 15) is 18.4 Å². The number of alkyl halides is 2. The van der Waals surface area contributed by atoms with Gasteiger partial charge in [-0.05, 0) is 44.2 Å². The number of carbonyl (C=O) groups is 2. The highest BCUT2D eigenvalue weighted by Crippen LogP contribution is 2.25. The molecule has 0 heterocycles. The number of hydrogen-bond acceptors (Lipinski definition) is 3. The molecule has 1 saturated carbocycles. The monoisotopic (exact) mass is 356 g/mol. The van der Waals surface area contributed by atoms with Crippen LogP contribution in [0.25, 0.3) is 0 Å². The van der Waals surface area contributed by atoms with Crippen LogP contribution in [-0.2, 0) is 4.79 Å². The predicted molar refractivity (Wildman–Crippen MR) is 88.2 cm³/mol. The zero-order valence-corrected chi connectivity index (χ0v) is 13.9. The van der Waals surface area contributed by atoms with Crippen molar-refractivity contribution in [2.24, 2.45) is 5.92 Å². The summed E-state index contributed by atoms with van der Waals surface area (Å²) >= 11 is 0. The molecule has 25 heavy (non-hydrogen) atoms. The Morgan fingerprint density at radius 2 is 1.96 bits per heavy atom. The van der Waals surface area contributed by atoms with Crippen LogP contribution in [0.15, 0.2) is 18.2 Å². The number of carboxylic acid groups (broad SMARTS) is 1. The normalized spacial score (nSPS) is 20.2. The molecule has 2 rings (SSSR count). The molecule has 8 heteroatoms. The van der Waals surface area contributed by atoms with Gasteiger partial charge in [-0.1, -0.05) is 6.07 Å². The third-order valence-corrected chi connectivity index (χ3v) is 4.22. The number of hydrogen-bond donors (Lipinski definition) is 3. The van der Waals surface area contributed by atoms with Crippen molar-refractivity contribution in [2.75, 3.05) is 11.9 Å². The van der Waals surface area contributed by atoms with Gasteiger partial charge in [0.25, 0.3) is 6.43 Å². The summed E-state index contributed by atoms with van der Waals surface area (Å²) < 4.78 is 29.5. The van der Waals surface area contributed by atoms with E-state index in [4.69, 9.17) is 9.84 Å². The number of rotatable bonds is 6. The number of carboxylic acids is 1. The van der Waals surface area contributed by atoms with Gasteiger partial charge in [-0.15, -0.1) is 0 Å². The predicted octanol–water partition coefficient (Wildman–Crippen LogP) is 3.40. The first-order chi connectivity index (χ1) is 11.8. The minimum Gasteiger partial charge on any atom is -0.487 e. The summed E-state index contributed by atoms with van der Waals surface area (Å²) in [7, 11) is 0. The molecule has 0 spiro atoms. The van der Waals surface area contributed by atoms with Gasteiger partial charge in [-0.2, -0.15) is 0 Å². The van der Waals surface area contributed by atoms with E-state index in [1.807, 2.05) is 0 Å². The minimum absolute atomic E-state index is 0.0735. The Hall–Kier alpha value is -2.38. The number of nitrogens with one attached hydrogen (secondary N) is 2. The van der Waals surface area contributed by atoms with Crippen molar-refractivity contribution >= 4 is 17.7 Å². The van der Waals surface area contributed by atoms with Crippen LogP contribution in [0.4, 0.5) is 19.3 Å². The van der Waals surface area contributed by atoms with E-state index in [0.717, 1.165) is 0 Å². The second kappa shape index (κ2) is 8.64. The summed E-state index contributed by atoms with van der Waals surface area (Å²) in [6.07, 6.45) is -0.269. The zero-order chi connectivity index (χ0) is 18.4. The minimum atomic E-state index is -2.57. The van der Waals surface area contributed by atoms with Crippen molar-refractivity contribution in [3.8, 4) is 5.75 Å². The number of aryl methyl sites for hydroxylation is 1. The highest BCUT2D eigenvalue weighted by molar-refractivity contribution is 5.89. The molecule has 1 aromatic rings. The van der Waals surface area contributed by atoms with E-state index in [1.54, 1.807) is 19.1 Å². The molecule has 0 bridgehead atoms. The van der Waals surface area contributed by atoms with Crippen LogP contribution in [0, 0.1) is 12.8 Å². The molecule has 0 aromatic heterocycles. The maximum Gasteiger partial charge on any atom is 0.319 e. The molecule has 0 radical (unpaired) electrons. The molecule has 0 saturated heterocycles. The molecular formula is C17H22F2N2O4. The Morgan fingerprint density at radius 1 is 1.28 bits per heavy atom. The van der Waals surface area contributed by atoms with E-state index < -0.39 is 25.0 Å². The maximum absolute atomic E-state index is 12.3. The van der Waals surface area contributed by atoms with Crippen molar-refractivity contribution < 1.29 is 28.2 Å². The van der Waals surface area contributed by atoms with Crippen LogP contribution < -0.4 is 15.4 Å². The molecule has 138 valence electrons. The van der Waals surface area contributed by atoms with Crippen molar-refractivity contribution in [1.82, 2.24) is 5.32 Å². The lowest BCUT2D eigenvalue weighted by Gasteiger charge is -2.26. The van der Waals surface area contributed by atoms with Crippen LogP contribution in [0.1, 0.15) is 31.2 Å². The first-order valence-corrected chi connectivity index (χ1v) is 8.17. The molecule has 6 nitrogen and oxygen atoms in total. The van der Waals surface area contributed by atoms with E-state index in [0.29, 0.717) is 42.7 Å². The van der Waals surface area contributed by atoms with Crippen molar-refractivity contribution in [1.29, 1.82) is 0 Å². The average Bonchev–Trinajstić information content (AvgIpc) is 2.55. The number of halogens is 2. The van der Waals surface area contributed by atoms with Crippen LogP contribution in [0.3, 0.4) is 0 Å². The van der Waals surface area contributed by atoms with Gasteiger partial charge in [0.15, 0.2) is 0 Å². The van der Waals surface area contributed by atoms with Crippen molar-refractivity contribution in [2.45, 2.75) is 45.1 Å². The Labute approximate surface area is 144 Å². The number of amides is 2. The lowest BCUT2D eigenvalue weighted by molar-refractivity contribution is -0.142. The Bertz CT molecular complexity index is 617. The zero-order valence-electron chi connectivity index (χ0n) is 13.9. The van der Waals surface area contributed by atoms with E-state index in [1.165, 1.54) is 6.07 Å². The molecule has 1 aromatic carbocycles. The van der Waals surface area contributed by atoms with E-state index in [2.05, 4.69) is 10.6 Å². The van der Waals surface area contributed by atoms with Crippen molar-refractivity contribution in [3.63, 3.8) is 0 Å². The van der Waals surface area contributed by atoms with Gasteiger partial charge in [-0.25, -0.2) is 13.6 Å². The number of urea groups is 1. The van der Waals surface area contributed by atoms with Crippen LogP contribution in [0.2, 0.25) is 0 Å². The molecular weight excluding hydrogens is 334 g/mol. The summed E-state index contributed by atoms with van der Waals surface area (Å²) in [6, 6.07) is 4.34. The quantitative estimate of drug-likeness (QED) is 0.729. The fourth-order valence-corrected chi connectivity index (χ4v) is 2.82. The molecule has 0 aliphatic heterocycles. The summed E-state index contributed by atoms with van der Waals surface area (Å²) in [5, 5.41) is 14.4. The Balaban J connectivity index is 1.86. The third kappa shape index (κ3) is 5.88. The van der Waals surface area contributed by atoms with Gasteiger partial charge in [0, 0.05) is 17.8 Å². The largest absolute Gasteiger partial charge is 0.487 e. The summed E-state index contributed by atoms with van der Waals surface area (Å²) in [6.45, 7) is 1.02. The number of carbonyl (C=O) groups excluding carboxylic acids is 1. The SMILES string of the molecule is Cc1ccc(NC(=O)NC2CCC(C(=O)O)CC2)cc1OCC(F)F. The van der Waals surface area contributed by atoms with Gasteiger partial charge in [0.05, 0.1) is 5.92 Å². The second-order valence-electron chi connectivity index (χ2n) is 6.17. The van der Waals surface area contributed by atoms with Crippen LogP contribution in [-0.4, -0.2) is 36.2 Å². The average molecular weight is 356 g/mol. The molecule has 1 aliphatic rings. The first kappa shape index (κ1) is 19.0. The highest BCUT2D eigenvalue weighted by atomic mass is 19.3. The Kier molecular flexibility index (Phi) is 6.55. The van der Waals surface area contributed by atoms with Gasteiger partial charge in [0.1, 0.15) is 12.4 Å². The number of benzene rings is 1. The summed E-state index contributed by atoms with van der Waals surface area (Å²) in [5.41, 5.74) is 1.13. The smallest absolute Gasteiger partial charge is 0.319 e. The fraction of sp³-hybridized carbons (Fsp3) is 0.529. The molecule has 0 unspecified atom stereocenters. The van der Waals surface area contributed by atoms with Crippen LogP contribution >= 0.6 is 0 Å². The van der Waals surface area contributed by atoms with Gasteiger partial charge < -0.3 is 20.5 Å². The molecule has 1 fully saturated rings. The van der Waals surface area contributed by atoms with Crippen molar-refractivity contribution in [3.05, 3.63) is 23.8 Å². The topological polar surface area (TPSA) is 87.7 Å². The standard InChI is InChI=1S/C17H22F2N2O4/c1-10-2-5-13(8-14(10)25-9-15(18)19)21-17(24)20-12-6-3-11(4-7-12)16(22)23/h2,5,8,11-12,15H,3-4,6-7,9H2,1H3,(H,22,23)(H2,20,21,24). The summed E-state index contributed by atoms with van der Waals surface area (Å²) in [4.78, 5) is 23.0. The van der Waals surface area contributed by atoms with Gasteiger partial charge in [0.2, 0.25) is 0 Å². The molecule has 2 amide bonds. The fourth-order valence-electron chi connectivity index (χ4n) is 2.82.